The minimum absolute atomic E-state index is 0.230. The highest BCUT2D eigenvalue weighted by Crippen LogP contribution is 2.22. The topological polar surface area (TPSA) is 55.9 Å². The molecule has 1 rings (SSSR count). The first kappa shape index (κ1) is 15.0. The molecular formula is C11H19F3N4. The highest BCUT2D eigenvalue weighted by Gasteiger charge is 2.39. The van der Waals surface area contributed by atoms with Crippen molar-refractivity contribution in [1.29, 1.82) is 0 Å². The fourth-order valence-corrected chi connectivity index (χ4v) is 1.83. The summed E-state index contributed by atoms with van der Waals surface area (Å²) in [4.78, 5) is 0. The molecule has 0 aliphatic carbocycles. The number of hydrazine groups is 1. The fraction of sp³-hybridized carbons (Fsp3) is 0.727. The Morgan fingerprint density at radius 3 is 2.44 bits per heavy atom. The Labute approximate surface area is 104 Å². The average molecular weight is 264 g/mol. The lowest BCUT2D eigenvalue weighted by Gasteiger charge is -2.18. The third-order valence-corrected chi connectivity index (χ3v) is 2.99. The second-order valence-electron chi connectivity index (χ2n) is 4.22. The van der Waals surface area contributed by atoms with Gasteiger partial charge >= 0.3 is 6.18 Å². The van der Waals surface area contributed by atoms with E-state index in [1.807, 2.05) is 13.8 Å². The molecule has 3 N–H and O–H groups in total. The van der Waals surface area contributed by atoms with Crippen LogP contribution in [0.2, 0.25) is 0 Å². The number of hydrogen-bond acceptors (Lipinski definition) is 3. The van der Waals surface area contributed by atoms with Crippen molar-refractivity contribution < 1.29 is 13.2 Å². The number of rotatable bonds is 6. The molecule has 1 atom stereocenters. The van der Waals surface area contributed by atoms with E-state index >= 15 is 0 Å². The first-order chi connectivity index (χ1) is 8.42. The minimum Gasteiger partial charge on any atom is -0.271 e. The van der Waals surface area contributed by atoms with E-state index in [0.717, 1.165) is 12.8 Å². The Morgan fingerprint density at radius 1 is 1.39 bits per heavy atom. The van der Waals surface area contributed by atoms with Crippen LogP contribution in [0.1, 0.15) is 38.4 Å². The van der Waals surface area contributed by atoms with Gasteiger partial charge in [-0.05, 0) is 18.9 Å². The zero-order valence-electron chi connectivity index (χ0n) is 10.5. The van der Waals surface area contributed by atoms with Gasteiger partial charge < -0.3 is 0 Å². The summed E-state index contributed by atoms with van der Waals surface area (Å²) in [5.41, 5.74) is 2.17. The van der Waals surface area contributed by atoms with Gasteiger partial charge in [0.15, 0.2) is 0 Å². The second-order valence-corrected chi connectivity index (χ2v) is 4.22. The van der Waals surface area contributed by atoms with Crippen LogP contribution in [0.3, 0.4) is 0 Å². The summed E-state index contributed by atoms with van der Waals surface area (Å²) in [5.74, 6) is 4.92. The van der Waals surface area contributed by atoms with Gasteiger partial charge in [-0.15, -0.1) is 0 Å². The van der Waals surface area contributed by atoms with Crippen LogP contribution in [-0.2, 0) is 6.42 Å². The third-order valence-electron chi connectivity index (χ3n) is 2.99. The van der Waals surface area contributed by atoms with Crippen molar-refractivity contribution in [3.8, 4) is 0 Å². The van der Waals surface area contributed by atoms with Crippen molar-refractivity contribution >= 4 is 0 Å². The third kappa shape index (κ3) is 3.71. The maximum absolute atomic E-state index is 12.5. The van der Waals surface area contributed by atoms with E-state index in [4.69, 9.17) is 5.84 Å². The van der Waals surface area contributed by atoms with Crippen molar-refractivity contribution in [2.45, 2.75) is 51.4 Å². The molecule has 18 heavy (non-hydrogen) atoms. The van der Waals surface area contributed by atoms with Crippen LogP contribution in [0.25, 0.3) is 0 Å². The molecule has 0 spiro atoms. The van der Waals surface area contributed by atoms with E-state index in [2.05, 4.69) is 5.10 Å². The molecule has 0 aromatic carbocycles. The molecule has 4 nitrogen and oxygen atoms in total. The van der Waals surface area contributed by atoms with Crippen LogP contribution in [0.5, 0.6) is 0 Å². The summed E-state index contributed by atoms with van der Waals surface area (Å²) in [6.45, 7) is 4.05. The lowest BCUT2D eigenvalue weighted by Crippen LogP contribution is -2.47. The molecule has 0 saturated heterocycles. The van der Waals surface area contributed by atoms with Crippen LogP contribution < -0.4 is 11.3 Å². The van der Waals surface area contributed by atoms with Gasteiger partial charge in [0.25, 0.3) is 0 Å². The first-order valence-corrected chi connectivity index (χ1v) is 5.99. The average Bonchev–Trinajstić information content (AvgIpc) is 2.74. The van der Waals surface area contributed by atoms with Crippen LogP contribution in [0, 0.1) is 0 Å². The van der Waals surface area contributed by atoms with E-state index < -0.39 is 12.2 Å². The van der Waals surface area contributed by atoms with Crippen LogP contribution >= 0.6 is 0 Å². The monoisotopic (exact) mass is 264 g/mol. The number of nitrogens with one attached hydrogen (secondary N) is 1. The van der Waals surface area contributed by atoms with E-state index in [1.165, 1.54) is 0 Å². The number of hydrogen-bond donors (Lipinski definition) is 2. The summed E-state index contributed by atoms with van der Waals surface area (Å²) in [6.07, 6.45) is -1.11. The molecule has 0 aliphatic heterocycles. The lowest BCUT2D eigenvalue weighted by molar-refractivity contribution is -0.155. The highest BCUT2D eigenvalue weighted by atomic mass is 19.4. The Bertz CT molecular complexity index is 357. The van der Waals surface area contributed by atoms with Crippen molar-refractivity contribution in [3.63, 3.8) is 0 Å². The number of alkyl halides is 3. The predicted molar refractivity (Wildman–Crippen MR) is 62.7 cm³/mol. The van der Waals surface area contributed by atoms with Gasteiger partial charge in [-0.3, -0.25) is 10.5 Å². The lowest BCUT2D eigenvalue weighted by atomic mass is 10.1. The molecule has 1 aromatic heterocycles. The number of nitrogens with zero attached hydrogens (tertiary/aromatic N) is 2. The largest absolute Gasteiger partial charge is 0.405 e. The van der Waals surface area contributed by atoms with Gasteiger partial charge in [-0.25, -0.2) is 5.43 Å². The number of aromatic nitrogens is 2. The van der Waals surface area contributed by atoms with E-state index in [1.54, 1.807) is 22.4 Å². The SMILES string of the molecule is CCC(CC)n1ccc(CC(NN)C(F)(F)F)n1. The molecule has 0 radical (unpaired) electrons. The van der Waals surface area contributed by atoms with E-state index in [-0.39, 0.29) is 12.5 Å². The molecule has 1 heterocycles. The van der Waals surface area contributed by atoms with Crippen molar-refractivity contribution in [1.82, 2.24) is 15.2 Å². The molecule has 0 saturated carbocycles. The molecule has 0 amide bonds. The molecular weight excluding hydrogens is 245 g/mol. The normalized spacial score (nSPS) is 14.2. The Morgan fingerprint density at radius 2 is 2.00 bits per heavy atom. The van der Waals surface area contributed by atoms with Crippen molar-refractivity contribution in [2.75, 3.05) is 0 Å². The second kappa shape index (κ2) is 6.19. The quantitative estimate of drug-likeness (QED) is 0.611. The zero-order chi connectivity index (χ0) is 13.8. The van der Waals surface area contributed by atoms with Gasteiger partial charge in [0.05, 0.1) is 11.7 Å². The molecule has 0 fully saturated rings. The highest BCUT2D eigenvalue weighted by molar-refractivity contribution is 5.03. The van der Waals surface area contributed by atoms with Gasteiger partial charge in [0.1, 0.15) is 6.04 Å². The molecule has 7 heteroatoms. The van der Waals surface area contributed by atoms with Crippen LogP contribution in [-0.4, -0.2) is 22.0 Å². The van der Waals surface area contributed by atoms with Crippen molar-refractivity contribution in [3.05, 3.63) is 18.0 Å². The summed E-state index contributed by atoms with van der Waals surface area (Å²) in [5, 5.41) is 4.17. The summed E-state index contributed by atoms with van der Waals surface area (Å²) >= 11 is 0. The number of halogens is 3. The molecule has 1 aromatic rings. The smallest absolute Gasteiger partial charge is 0.271 e. The van der Waals surface area contributed by atoms with Crippen molar-refractivity contribution in [2.24, 2.45) is 5.84 Å². The Hall–Kier alpha value is -1.08. The standard InChI is InChI=1S/C11H19F3N4/c1-3-9(4-2)18-6-5-8(17-18)7-10(16-15)11(12,13)14/h5-6,9-10,16H,3-4,7,15H2,1-2H3. The Balaban J connectivity index is 2.74. The maximum atomic E-state index is 12.5. The first-order valence-electron chi connectivity index (χ1n) is 5.99. The van der Waals surface area contributed by atoms with E-state index in [9.17, 15) is 13.2 Å². The van der Waals surface area contributed by atoms with Gasteiger partial charge in [0, 0.05) is 12.6 Å². The number of nitrogens with two attached hydrogens (primary N) is 1. The summed E-state index contributed by atoms with van der Waals surface area (Å²) in [7, 11) is 0. The molecule has 0 bridgehead atoms. The Kier molecular flexibility index (Phi) is 5.15. The minimum atomic E-state index is -4.37. The van der Waals surface area contributed by atoms with Gasteiger partial charge in [0.2, 0.25) is 0 Å². The van der Waals surface area contributed by atoms with Gasteiger partial charge in [-0.2, -0.15) is 18.3 Å². The fourth-order valence-electron chi connectivity index (χ4n) is 1.83. The summed E-state index contributed by atoms with van der Waals surface area (Å²) in [6, 6.07) is 0.0745. The zero-order valence-corrected chi connectivity index (χ0v) is 10.5. The maximum Gasteiger partial charge on any atom is 0.405 e. The van der Waals surface area contributed by atoms with Crippen LogP contribution in [0.4, 0.5) is 13.2 Å². The summed E-state index contributed by atoms with van der Waals surface area (Å²) < 4.78 is 39.3. The van der Waals surface area contributed by atoms with Gasteiger partial charge in [-0.1, -0.05) is 13.8 Å². The predicted octanol–water partition coefficient (Wildman–Crippen LogP) is 2.18. The molecule has 0 aliphatic rings. The molecule has 1 unspecified atom stereocenters. The van der Waals surface area contributed by atoms with Crippen LogP contribution in [0.15, 0.2) is 12.3 Å². The van der Waals surface area contributed by atoms with E-state index in [0.29, 0.717) is 5.69 Å². The molecule has 104 valence electrons.